The van der Waals surface area contributed by atoms with Gasteiger partial charge in [-0.1, -0.05) is 223 Å². The monoisotopic (exact) mass is 1410 g/mol. The number of fused-ring (bicyclic) bond motifs is 18. The summed E-state index contributed by atoms with van der Waals surface area (Å²) < 4.78 is 23.9. The number of nitrogens with zero attached hydrogens (tertiary/aromatic N) is 4. The van der Waals surface area contributed by atoms with Crippen molar-refractivity contribution in [1.29, 1.82) is 0 Å². The van der Waals surface area contributed by atoms with E-state index >= 15 is 0 Å². The van der Waals surface area contributed by atoms with Crippen LogP contribution in [0.15, 0.2) is 312 Å². The second kappa shape index (κ2) is 25.8. The van der Waals surface area contributed by atoms with E-state index in [1.54, 1.807) is 12.1 Å². The van der Waals surface area contributed by atoms with Gasteiger partial charge in [0.25, 0.3) is 0 Å². The number of rotatable bonds is 8. The van der Waals surface area contributed by atoms with Crippen LogP contribution in [-0.4, -0.2) is 35.4 Å². The lowest BCUT2D eigenvalue weighted by Gasteiger charge is -2.13. The molecule has 6 aromatic heterocycles. The zero-order chi connectivity index (χ0) is 65.7. The fourth-order valence-electron chi connectivity index (χ4n) is 15.4. The largest absolute Gasteiger partial charge is 0.488 e. The maximum atomic E-state index is 8.89. The molecule has 0 radical (unpaired) electrons. The van der Waals surface area contributed by atoms with Gasteiger partial charge in [-0.15, -0.1) is 0 Å². The van der Waals surface area contributed by atoms with Gasteiger partial charge in [0.2, 0.25) is 0 Å². The first-order valence-corrected chi connectivity index (χ1v) is 34.5. The van der Waals surface area contributed by atoms with Gasteiger partial charge in [-0.05, 0) is 167 Å². The van der Waals surface area contributed by atoms with E-state index in [-0.39, 0.29) is 14.9 Å². The molecule has 10 heteroatoms. The van der Waals surface area contributed by atoms with Crippen LogP contribution >= 0.6 is 22.6 Å². The minimum absolute atomic E-state index is 0. The molecule has 0 bridgehead atoms. The second-order valence-corrected chi connectivity index (χ2v) is 26.3. The molecule has 20 aromatic rings. The van der Waals surface area contributed by atoms with E-state index in [9.17, 15) is 0 Å². The Morgan fingerprint density at radius 1 is 0.290 bits per heavy atom. The number of aromatic nitrogens is 4. The third-order valence-corrected chi connectivity index (χ3v) is 20.6. The maximum Gasteiger partial charge on any atom is 0.488 e. The molecule has 8 nitrogen and oxygen atoms in total. The van der Waals surface area contributed by atoms with Gasteiger partial charge < -0.3 is 37.2 Å². The van der Waals surface area contributed by atoms with Crippen LogP contribution in [0.1, 0.15) is 39.8 Å². The number of hydrogen-bond acceptors (Lipinski definition) is 4. The molecule has 0 saturated carbocycles. The summed E-state index contributed by atoms with van der Waals surface area (Å²) in [5, 5.41) is 32.3. The van der Waals surface area contributed by atoms with Crippen LogP contribution in [-0.2, 0) is 12.8 Å². The summed E-state index contributed by atoms with van der Waals surface area (Å²) in [5.74, 6) is 0. The van der Waals surface area contributed by atoms with E-state index in [4.69, 9.17) is 18.9 Å². The molecule has 0 amide bonds. The molecule has 0 saturated heterocycles. The van der Waals surface area contributed by atoms with Gasteiger partial charge in [-0.3, -0.25) is 0 Å². The molecule has 0 atom stereocenters. The quantitative estimate of drug-likeness (QED) is 0.117. The molecule has 0 spiro atoms. The van der Waals surface area contributed by atoms with E-state index in [0.29, 0.717) is 5.46 Å². The third-order valence-electron chi connectivity index (χ3n) is 19.8. The molecule has 484 valence electrons. The summed E-state index contributed by atoms with van der Waals surface area (Å²) in [5.41, 5.74) is 23.0. The number of para-hydroxylation sites is 8. The first kappa shape index (κ1) is 63.3. The van der Waals surface area contributed by atoms with E-state index < -0.39 is 7.12 Å². The Bertz CT molecular complexity index is 6340. The summed E-state index contributed by atoms with van der Waals surface area (Å²) in [6.07, 6.45) is 1.77. The Labute approximate surface area is 592 Å². The molecule has 6 heterocycles. The minimum atomic E-state index is -1.34. The van der Waals surface area contributed by atoms with Crippen LogP contribution < -0.4 is 5.46 Å². The third kappa shape index (κ3) is 10.3. The molecule has 100 heavy (non-hydrogen) atoms. The smallest absolute Gasteiger partial charge is 0.455 e. The number of aryl methyl sites for hydroxylation is 2. The van der Waals surface area contributed by atoms with Crippen LogP contribution in [0.2, 0.25) is 0 Å². The Balaban J connectivity index is 0.000000134. The Hall–Kier alpha value is -11.4. The number of hydrogen-bond donors (Lipinski definition) is 2. The molecule has 2 N–H and O–H groups in total. The molecule has 0 aliphatic heterocycles. The van der Waals surface area contributed by atoms with Crippen molar-refractivity contribution in [3.8, 4) is 33.9 Å². The van der Waals surface area contributed by atoms with Crippen LogP contribution in [0.3, 0.4) is 0 Å². The highest BCUT2D eigenvalue weighted by atomic mass is 127. The van der Waals surface area contributed by atoms with E-state index in [1.165, 1.54) is 98.4 Å². The van der Waals surface area contributed by atoms with Crippen molar-refractivity contribution < 1.29 is 18.9 Å². The van der Waals surface area contributed by atoms with Crippen LogP contribution in [0.4, 0.5) is 0 Å². The van der Waals surface area contributed by atoms with Crippen molar-refractivity contribution in [1.82, 2.24) is 18.3 Å². The Morgan fingerprint density at radius 2 is 0.590 bits per heavy atom. The van der Waals surface area contributed by atoms with Gasteiger partial charge in [-0.25, -0.2) is 0 Å². The zero-order valence-electron chi connectivity index (χ0n) is 53.7. The van der Waals surface area contributed by atoms with Crippen molar-refractivity contribution in [2.75, 3.05) is 0 Å². The van der Waals surface area contributed by atoms with Crippen molar-refractivity contribution in [3.05, 3.63) is 318 Å². The highest BCUT2D eigenvalue weighted by molar-refractivity contribution is 14.1. The zero-order valence-corrected chi connectivity index (χ0v) is 55.9. The van der Waals surface area contributed by atoms with Gasteiger partial charge in [-0.2, -0.15) is 0 Å². The SMILES string of the molecule is C.C.CCc1ccccc1-c1cc(-n2c3ccccc3c3ccccc32)cc2c1oc1ccc(-n3c4ccccc4c4ccccc43)cc12.CCc1ccccc1B(O)O.Ic1cc(-n2c3ccccc3c3ccccc32)cc2c1oc1ccc(-n3c4ccccc4c4ccccc43)cc12. The fraction of sp³-hybridized carbons (Fsp3) is 0.0667. The van der Waals surface area contributed by atoms with Gasteiger partial charge in [0.15, 0.2) is 0 Å². The standard InChI is InChI=1S/C44H30N2O.C36H21IN2O.C8H11BO2.2CH4/c1-2-28-13-3-4-14-31(28)37-26-30(46-41-21-11-7-17-34(41)35-18-8-12-22-42(35)46)27-38-36-25-29(23-24-43(36)47-44(37)38)45-39-19-9-5-15-32(39)33-16-6-10-20-40(33)45;37-30-21-23(39-33-15-7-3-11-26(33)27-12-4-8-16-34(27)39)20-29-28-19-22(17-18-35(28)40-36(29)30)38-31-13-5-1-9-24(31)25-10-2-6-14-32(25)38;1-2-7-5-3-4-6-8(7)9(10)11;;/h3-27H,2H2,1H3;1-21H;3-6,10-11H,2H2,1H3;2*1H4. The highest BCUT2D eigenvalue weighted by Gasteiger charge is 2.23. The molecule has 0 fully saturated rings. The van der Waals surface area contributed by atoms with Gasteiger partial charge in [0.05, 0.1) is 47.7 Å². The molecule has 0 aliphatic rings. The van der Waals surface area contributed by atoms with Gasteiger partial charge >= 0.3 is 7.12 Å². The van der Waals surface area contributed by atoms with Gasteiger partial charge in [0, 0.05) is 92.9 Å². The highest BCUT2D eigenvalue weighted by Crippen LogP contribution is 2.45. The normalized spacial score (nSPS) is 11.6. The van der Waals surface area contributed by atoms with Crippen LogP contribution in [0.5, 0.6) is 0 Å². The summed E-state index contributed by atoms with van der Waals surface area (Å²) >= 11 is 2.42. The molecule has 0 unspecified atom stereocenters. The summed E-state index contributed by atoms with van der Waals surface area (Å²) in [7, 11) is -1.34. The molecule has 20 rings (SSSR count). The van der Waals surface area contributed by atoms with Crippen molar-refractivity contribution in [2.24, 2.45) is 0 Å². The fourth-order valence-corrected chi connectivity index (χ4v) is 16.1. The lowest BCUT2D eigenvalue weighted by Crippen LogP contribution is -2.32. The number of benzene rings is 14. The predicted octanol–water partition coefficient (Wildman–Crippen LogP) is 23.6. The van der Waals surface area contributed by atoms with E-state index in [0.717, 1.165) is 94.2 Å². The average molecular weight is 1410 g/mol. The molecular weight excluding hydrogens is 1340 g/mol. The van der Waals surface area contributed by atoms with Crippen molar-refractivity contribution in [3.63, 3.8) is 0 Å². The number of furan rings is 2. The first-order valence-electron chi connectivity index (χ1n) is 33.4. The van der Waals surface area contributed by atoms with E-state index in [2.05, 4.69) is 327 Å². The Morgan fingerprint density at radius 3 is 0.960 bits per heavy atom. The molecule has 14 aromatic carbocycles. The maximum absolute atomic E-state index is 8.89. The predicted molar refractivity (Wildman–Crippen MR) is 431 cm³/mol. The van der Waals surface area contributed by atoms with Crippen molar-refractivity contribution in [2.45, 2.75) is 41.5 Å². The molecular formula is C90H70BIN4O4. The lowest BCUT2D eigenvalue weighted by molar-refractivity contribution is 0.425. The molecule has 0 aliphatic carbocycles. The lowest BCUT2D eigenvalue weighted by atomic mass is 9.76. The average Bonchev–Trinajstić information content (AvgIpc) is 1.58. The van der Waals surface area contributed by atoms with Gasteiger partial charge in [0.1, 0.15) is 22.3 Å². The van der Waals surface area contributed by atoms with Crippen molar-refractivity contribution >= 4 is 166 Å². The van der Waals surface area contributed by atoms with Crippen LogP contribution in [0, 0.1) is 3.57 Å². The summed E-state index contributed by atoms with van der Waals surface area (Å²) in [6, 6.07) is 108. The van der Waals surface area contributed by atoms with E-state index in [1.807, 2.05) is 19.1 Å². The Kier molecular flexibility index (Phi) is 16.3. The first-order chi connectivity index (χ1) is 48.3. The minimum Gasteiger partial charge on any atom is -0.455 e. The topological polar surface area (TPSA) is 86.5 Å². The van der Waals surface area contributed by atoms with Crippen LogP contribution in [0.25, 0.3) is 165 Å². The number of halogens is 1. The summed E-state index contributed by atoms with van der Waals surface area (Å²) in [6.45, 7) is 4.21. The second-order valence-electron chi connectivity index (χ2n) is 25.2. The summed E-state index contributed by atoms with van der Waals surface area (Å²) in [4.78, 5) is 0.